The van der Waals surface area contributed by atoms with Crippen molar-refractivity contribution in [3.63, 3.8) is 0 Å². The summed E-state index contributed by atoms with van der Waals surface area (Å²) in [4.78, 5) is 24.9. The summed E-state index contributed by atoms with van der Waals surface area (Å²) in [6, 6.07) is 4.64. The summed E-state index contributed by atoms with van der Waals surface area (Å²) in [7, 11) is 0. The van der Waals surface area contributed by atoms with Gasteiger partial charge in [-0.15, -0.1) is 0 Å². The molecule has 1 aromatic rings. The van der Waals surface area contributed by atoms with Gasteiger partial charge in [-0.25, -0.2) is 4.90 Å². The van der Waals surface area contributed by atoms with Crippen molar-refractivity contribution in [2.24, 2.45) is 0 Å². The molecule has 0 fully saturated rings. The molecule has 2 amide bonds. The molecule has 0 aromatic heterocycles. The van der Waals surface area contributed by atoms with Gasteiger partial charge in [0.05, 0.1) is 22.9 Å². The third-order valence-corrected chi connectivity index (χ3v) is 5.91. The van der Waals surface area contributed by atoms with E-state index in [9.17, 15) is 9.59 Å². The summed E-state index contributed by atoms with van der Waals surface area (Å²) in [6.07, 6.45) is 0. The van der Waals surface area contributed by atoms with E-state index < -0.39 is 0 Å². The number of hydrogen-bond acceptors (Lipinski definition) is 2. The lowest BCUT2D eigenvalue weighted by molar-refractivity contribution is -0.120. The van der Waals surface area contributed by atoms with E-state index in [4.69, 9.17) is 23.2 Å². The van der Waals surface area contributed by atoms with Crippen LogP contribution in [0.4, 0.5) is 5.69 Å². The normalized spacial score (nSPS) is 16.1. The standard InChI is InChI=1S/C10H3Cl2I2NO2/c11-5-2-1-4(3-6(5)12)15-9(16)7(13)8(14)10(15)17/h1-3H. The Hall–Kier alpha value is 0.140. The molecule has 0 radical (unpaired) electrons. The molecule has 1 aromatic carbocycles. The van der Waals surface area contributed by atoms with Crippen molar-refractivity contribution in [3.8, 4) is 0 Å². The summed E-state index contributed by atoms with van der Waals surface area (Å²) >= 11 is 15.4. The average molecular weight is 494 g/mol. The zero-order chi connectivity index (χ0) is 12.7. The largest absolute Gasteiger partial charge is 0.272 e. The molecule has 0 saturated heterocycles. The summed E-state index contributed by atoms with van der Waals surface area (Å²) < 4.78 is 0.832. The molecule has 7 heteroatoms. The number of nitrogens with zero attached hydrogens (tertiary/aromatic N) is 1. The number of carbonyl (C=O) groups excluding carboxylic acids is 2. The van der Waals surface area contributed by atoms with Gasteiger partial charge in [0, 0.05) is 0 Å². The Bertz CT molecular complexity index is 547. The molecular weight excluding hydrogens is 491 g/mol. The molecule has 1 heterocycles. The van der Waals surface area contributed by atoms with Gasteiger partial charge >= 0.3 is 0 Å². The van der Waals surface area contributed by atoms with Gasteiger partial charge in [-0.1, -0.05) is 23.2 Å². The highest BCUT2D eigenvalue weighted by Gasteiger charge is 2.36. The Morgan fingerprint density at radius 1 is 0.941 bits per heavy atom. The van der Waals surface area contributed by atoms with Crippen LogP contribution < -0.4 is 4.90 Å². The molecule has 17 heavy (non-hydrogen) atoms. The number of carbonyl (C=O) groups is 2. The lowest BCUT2D eigenvalue weighted by Gasteiger charge is -2.14. The second-order valence-corrected chi connectivity index (χ2v) is 6.14. The summed E-state index contributed by atoms with van der Waals surface area (Å²) in [5.41, 5.74) is 0.426. The van der Waals surface area contributed by atoms with Gasteiger partial charge in [-0.3, -0.25) is 9.59 Å². The minimum Gasteiger partial charge on any atom is -0.268 e. The Balaban J connectivity index is 2.47. The molecule has 88 valence electrons. The Labute approximate surface area is 134 Å². The fourth-order valence-electron chi connectivity index (χ4n) is 1.33. The van der Waals surface area contributed by atoms with Crippen LogP contribution in [0.1, 0.15) is 0 Å². The quantitative estimate of drug-likeness (QED) is 0.439. The first-order valence-corrected chi connectivity index (χ1v) is 7.24. The minimum absolute atomic E-state index is 0.307. The maximum absolute atomic E-state index is 11.9. The van der Waals surface area contributed by atoms with Crippen LogP contribution in [0.5, 0.6) is 0 Å². The van der Waals surface area contributed by atoms with E-state index in [-0.39, 0.29) is 11.8 Å². The zero-order valence-corrected chi connectivity index (χ0v) is 13.8. The van der Waals surface area contributed by atoms with Gasteiger partial charge in [0.1, 0.15) is 0 Å². The van der Waals surface area contributed by atoms with E-state index in [1.54, 1.807) is 12.1 Å². The maximum atomic E-state index is 11.9. The third-order valence-electron chi connectivity index (χ3n) is 2.14. The first-order valence-electron chi connectivity index (χ1n) is 4.32. The van der Waals surface area contributed by atoms with Crippen LogP contribution in [-0.2, 0) is 9.59 Å². The fraction of sp³-hybridized carbons (Fsp3) is 0. The first-order chi connectivity index (χ1) is 7.93. The predicted octanol–water partition coefficient (Wildman–Crippen LogP) is 3.95. The lowest BCUT2D eigenvalue weighted by Crippen LogP contribution is -2.30. The second-order valence-electron chi connectivity index (χ2n) is 3.17. The van der Waals surface area contributed by atoms with E-state index in [1.807, 2.05) is 45.2 Å². The van der Waals surface area contributed by atoms with E-state index in [2.05, 4.69) is 0 Å². The molecule has 0 unspecified atom stereocenters. The number of hydrogen-bond donors (Lipinski definition) is 0. The number of benzene rings is 1. The average Bonchev–Trinajstić information content (AvgIpc) is 2.48. The minimum atomic E-state index is -0.335. The van der Waals surface area contributed by atoms with Gasteiger partial charge in [0.2, 0.25) is 0 Å². The molecule has 1 aliphatic heterocycles. The van der Waals surface area contributed by atoms with E-state index in [1.165, 1.54) is 6.07 Å². The van der Waals surface area contributed by atoms with Gasteiger partial charge in [0.25, 0.3) is 11.8 Å². The maximum Gasteiger partial charge on any atom is 0.272 e. The highest BCUT2D eigenvalue weighted by molar-refractivity contribution is 14.1. The molecular formula is C10H3Cl2I2NO2. The van der Waals surface area contributed by atoms with Crippen LogP contribution in [0.2, 0.25) is 10.0 Å². The second kappa shape index (κ2) is 5.02. The SMILES string of the molecule is O=C1C(I)=C(I)C(=O)N1c1ccc(Cl)c(Cl)c1. The molecule has 0 atom stereocenters. The number of halogens is 4. The third kappa shape index (κ3) is 2.34. The van der Waals surface area contributed by atoms with E-state index >= 15 is 0 Å². The summed E-state index contributed by atoms with van der Waals surface area (Å²) in [5.74, 6) is -0.670. The molecule has 3 nitrogen and oxygen atoms in total. The van der Waals surface area contributed by atoms with Crippen LogP contribution in [-0.4, -0.2) is 11.8 Å². The zero-order valence-electron chi connectivity index (χ0n) is 8.01. The van der Waals surface area contributed by atoms with Crippen molar-refractivity contribution in [2.75, 3.05) is 4.90 Å². The number of rotatable bonds is 1. The molecule has 0 spiro atoms. The van der Waals surface area contributed by atoms with Crippen molar-refractivity contribution >= 4 is 85.9 Å². The molecule has 0 N–H and O–H groups in total. The highest BCUT2D eigenvalue weighted by atomic mass is 127. The predicted molar refractivity (Wildman–Crippen MR) is 84.0 cm³/mol. The van der Waals surface area contributed by atoms with Gasteiger partial charge in [-0.2, -0.15) is 0 Å². The molecule has 0 bridgehead atoms. The highest BCUT2D eigenvalue weighted by Crippen LogP contribution is 2.35. The molecule has 2 rings (SSSR count). The Morgan fingerprint density at radius 3 is 1.94 bits per heavy atom. The van der Waals surface area contributed by atoms with Gasteiger partial charge in [0.15, 0.2) is 0 Å². The Kier molecular flexibility index (Phi) is 4.01. The first kappa shape index (κ1) is 13.6. The number of anilines is 1. The summed E-state index contributed by atoms with van der Waals surface area (Å²) in [6.45, 7) is 0. The molecule has 0 saturated carbocycles. The van der Waals surface area contributed by atoms with Gasteiger partial charge < -0.3 is 0 Å². The van der Waals surface area contributed by atoms with Crippen LogP contribution in [0.25, 0.3) is 0 Å². The fourth-order valence-corrected chi connectivity index (χ4v) is 2.57. The molecule has 0 aliphatic carbocycles. The number of imide groups is 1. The van der Waals surface area contributed by atoms with Crippen molar-refractivity contribution in [3.05, 3.63) is 35.4 Å². The van der Waals surface area contributed by atoms with Crippen molar-refractivity contribution < 1.29 is 9.59 Å². The van der Waals surface area contributed by atoms with Crippen LogP contribution in [0.15, 0.2) is 25.4 Å². The van der Waals surface area contributed by atoms with Gasteiger partial charge in [-0.05, 0) is 63.4 Å². The van der Waals surface area contributed by atoms with Crippen molar-refractivity contribution in [1.29, 1.82) is 0 Å². The number of amides is 2. The van der Waals surface area contributed by atoms with Crippen LogP contribution in [0, 0.1) is 0 Å². The van der Waals surface area contributed by atoms with E-state index in [0.717, 1.165) is 4.90 Å². The monoisotopic (exact) mass is 493 g/mol. The molecule has 1 aliphatic rings. The van der Waals surface area contributed by atoms with Crippen molar-refractivity contribution in [1.82, 2.24) is 0 Å². The lowest BCUT2D eigenvalue weighted by atomic mass is 10.3. The Morgan fingerprint density at radius 2 is 1.47 bits per heavy atom. The van der Waals surface area contributed by atoms with Crippen LogP contribution in [0.3, 0.4) is 0 Å². The summed E-state index contributed by atoms with van der Waals surface area (Å²) in [5, 5.41) is 0.688. The van der Waals surface area contributed by atoms with Crippen LogP contribution >= 0.6 is 68.4 Å². The van der Waals surface area contributed by atoms with Crippen molar-refractivity contribution in [2.45, 2.75) is 0 Å². The smallest absolute Gasteiger partial charge is 0.268 e. The van der Waals surface area contributed by atoms with E-state index in [0.29, 0.717) is 22.9 Å². The topological polar surface area (TPSA) is 37.4 Å².